The quantitative estimate of drug-likeness (QED) is 0.551. The number of hydrazine groups is 1. The number of fused-ring (bicyclic) bond motifs is 1. The number of hydrogen-bond donors (Lipinski definition) is 2. The molecule has 0 fully saturated rings. The lowest BCUT2D eigenvalue weighted by Gasteiger charge is -2.08. The van der Waals surface area contributed by atoms with Gasteiger partial charge < -0.3 is 4.57 Å². The smallest absolute Gasteiger partial charge is 0.271 e. The van der Waals surface area contributed by atoms with E-state index in [1.54, 1.807) is 41.3 Å². The lowest BCUT2D eigenvalue weighted by Crippen LogP contribution is -2.41. The highest BCUT2D eigenvalue weighted by Crippen LogP contribution is 2.19. The van der Waals surface area contributed by atoms with E-state index in [1.807, 2.05) is 48.1 Å². The van der Waals surface area contributed by atoms with Crippen LogP contribution in [0.15, 0.2) is 73.2 Å². The molecule has 0 aliphatic carbocycles. The fraction of sp³-hybridized carbons (Fsp3) is 0.0500. The molecule has 2 aromatic heterocycles. The van der Waals surface area contributed by atoms with Crippen molar-refractivity contribution < 1.29 is 9.59 Å². The van der Waals surface area contributed by atoms with E-state index in [0.29, 0.717) is 11.1 Å². The predicted molar refractivity (Wildman–Crippen MR) is 101 cm³/mol. The third-order valence-electron chi connectivity index (χ3n) is 4.33. The van der Waals surface area contributed by atoms with Crippen molar-refractivity contribution >= 4 is 22.7 Å². The first kappa shape index (κ1) is 16.6. The van der Waals surface area contributed by atoms with E-state index in [9.17, 15) is 9.59 Å². The Morgan fingerprint density at radius 3 is 2.41 bits per heavy atom. The Morgan fingerprint density at radius 1 is 0.926 bits per heavy atom. The van der Waals surface area contributed by atoms with E-state index in [2.05, 4.69) is 16.0 Å². The van der Waals surface area contributed by atoms with Crippen molar-refractivity contribution in [3.8, 4) is 5.69 Å². The molecule has 2 aromatic carbocycles. The van der Waals surface area contributed by atoms with E-state index in [1.165, 1.54) is 0 Å². The van der Waals surface area contributed by atoms with Crippen molar-refractivity contribution in [2.75, 3.05) is 0 Å². The molecule has 0 spiro atoms. The number of amides is 2. The molecule has 0 saturated heterocycles. The van der Waals surface area contributed by atoms with Crippen molar-refractivity contribution in [1.82, 2.24) is 25.2 Å². The Balaban J connectivity index is 1.45. The van der Waals surface area contributed by atoms with Crippen LogP contribution in [-0.4, -0.2) is 26.2 Å². The van der Waals surface area contributed by atoms with Gasteiger partial charge in [-0.1, -0.05) is 18.2 Å². The highest BCUT2D eigenvalue weighted by atomic mass is 16.2. The topological polar surface area (TPSA) is 81.0 Å². The Morgan fingerprint density at radius 2 is 1.67 bits per heavy atom. The van der Waals surface area contributed by atoms with E-state index in [-0.39, 0.29) is 5.91 Å². The summed E-state index contributed by atoms with van der Waals surface area (Å²) in [6.07, 6.45) is 5.24. The highest BCUT2D eigenvalue weighted by Gasteiger charge is 2.14. The minimum absolute atomic E-state index is 0.367. The van der Waals surface area contributed by atoms with E-state index in [0.717, 1.165) is 16.6 Å². The summed E-state index contributed by atoms with van der Waals surface area (Å²) < 4.78 is 3.57. The zero-order valence-electron chi connectivity index (χ0n) is 14.6. The van der Waals surface area contributed by atoms with Gasteiger partial charge in [0, 0.05) is 42.1 Å². The molecule has 134 valence electrons. The van der Waals surface area contributed by atoms with Gasteiger partial charge in [-0.05, 0) is 36.4 Å². The lowest BCUT2D eigenvalue weighted by atomic mass is 10.1. The van der Waals surface area contributed by atoms with Gasteiger partial charge in [-0.15, -0.1) is 0 Å². The molecular weight excluding hydrogens is 342 g/mol. The zero-order chi connectivity index (χ0) is 18.8. The number of hydrogen-bond acceptors (Lipinski definition) is 3. The normalized spacial score (nSPS) is 10.7. The fourth-order valence-corrected chi connectivity index (χ4v) is 2.96. The van der Waals surface area contributed by atoms with E-state index < -0.39 is 5.91 Å². The van der Waals surface area contributed by atoms with Crippen molar-refractivity contribution in [3.05, 3.63) is 84.3 Å². The summed E-state index contributed by atoms with van der Waals surface area (Å²) in [5, 5.41) is 4.97. The van der Waals surface area contributed by atoms with Gasteiger partial charge in [-0.2, -0.15) is 5.10 Å². The average molecular weight is 359 g/mol. The van der Waals surface area contributed by atoms with Crippen LogP contribution < -0.4 is 10.9 Å². The Labute approximate surface area is 155 Å². The second kappa shape index (κ2) is 6.80. The molecule has 2 N–H and O–H groups in total. The molecule has 4 aromatic rings. The Kier molecular flexibility index (Phi) is 4.18. The molecule has 4 rings (SSSR count). The predicted octanol–water partition coefficient (Wildman–Crippen LogP) is 2.44. The van der Waals surface area contributed by atoms with Crippen molar-refractivity contribution in [2.45, 2.75) is 0 Å². The summed E-state index contributed by atoms with van der Waals surface area (Å²) in [6, 6.07) is 16.3. The van der Waals surface area contributed by atoms with E-state index in [4.69, 9.17) is 0 Å². The molecule has 0 aliphatic rings. The molecular formula is C20H17N5O2. The molecule has 0 aliphatic heterocycles. The van der Waals surface area contributed by atoms with Crippen molar-refractivity contribution in [1.29, 1.82) is 0 Å². The van der Waals surface area contributed by atoms with Crippen LogP contribution >= 0.6 is 0 Å². The van der Waals surface area contributed by atoms with Crippen LogP contribution in [0, 0.1) is 0 Å². The standard InChI is InChI=1S/C20H17N5O2/c1-24-13-17(16-5-2-3-6-18(16)24)20(27)23-22-19(26)14-7-9-15(10-8-14)25-12-4-11-21-25/h2-13H,1H3,(H,22,26)(H,23,27). The van der Waals surface area contributed by atoms with Gasteiger partial charge in [-0.3, -0.25) is 20.4 Å². The molecule has 2 heterocycles. The van der Waals surface area contributed by atoms with Crippen molar-refractivity contribution in [2.24, 2.45) is 7.05 Å². The Hall–Kier alpha value is -3.87. The zero-order valence-corrected chi connectivity index (χ0v) is 14.6. The summed E-state index contributed by atoms with van der Waals surface area (Å²) in [6.45, 7) is 0. The third kappa shape index (κ3) is 3.18. The van der Waals surface area contributed by atoms with Crippen LogP contribution in [0.3, 0.4) is 0 Å². The first-order chi connectivity index (χ1) is 13.1. The van der Waals surface area contributed by atoms with Gasteiger partial charge >= 0.3 is 0 Å². The summed E-state index contributed by atoms with van der Waals surface area (Å²) in [7, 11) is 1.87. The number of carbonyl (C=O) groups is 2. The van der Waals surface area contributed by atoms with Crippen molar-refractivity contribution in [3.63, 3.8) is 0 Å². The number of carbonyl (C=O) groups excluding carboxylic acids is 2. The lowest BCUT2D eigenvalue weighted by molar-refractivity contribution is 0.0847. The fourth-order valence-electron chi connectivity index (χ4n) is 2.96. The summed E-state index contributed by atoms with van der Waals surface area (Å²) in [4.78, 5) is 24.8. The van der Waals surface area contributed by atoms with Gasteiger partial charge in [0.2, 0.25) is 0 Å². The Bertz CT molecular complexity index is 1110. The maximum atomic E-state index is 12.5. The number of aryl methyl sites for hydroxylation is 1. The van der Waals surface area contributed by atoms with Crippen LogP contribution in [0.5, 0.6) is 0 Å². The number of aromatic nitrogens is 3. The maximum absolute atomic E-state index is 12.5. The minimum atomic E-state index is -0.393. The third-order valence-corrected chi connectivity index (χ3v) is 4.33. The summed E-state index contributed by atoms with van der Waals surface area (Å²) in [5.41, 5.74) is 7.66. The molecule has 0 atom stereocenters. The SMILES string of the molecule is Cn1cc(C(=O)NNC(=O)c2ccc(-n3cccn3)cc2)c2ccccc21. The van der Waals surface area contributed by atoms with Crippen LogP contribution in [-0.2, 0) is 7.05 Å². The largest absolute Gasteiger partial charge is 0.350 e. The maximum Gasteiger partial charge on any atom is 0.271 e. The van der Waals surface area contributed by atoms with Crippen LogP contribution in [0.25, 0.3) is 16.6 Å². The number of benzene rings is 2. The van der Waals surface area contributed by atoms with Gasteiger partial charge in [-0.25, -0.2) is 4.68 Å². The molecule has 27 heavy (non-hydrogen) atoms. The van der Waals surface area contributed by atoms with Gasteiger partial charge in [0.15, 0.2) is 0 Å². The monoisotopic (exact) mass is 359 g/mol. The number of nitrogens with zero attached hydrogens (tertiary/aromatic N) is 3. The molecule has 0 saturated carbocycles. The first-order valence-electron chi connectivity index (χ1n) is 8.38. The molecule has 0 radical (unpaired) electrons. The minimum Gasteiger partial charge on any atom is -0.350 e. The van der Waals surface area contributed by atoms with Gasteiger partial charge in [0.05, 0.1) is 11.3 Å². The number of rotatable bonds is 3. The molecule has 7 nitrogen and oxygen atoms in total. The summed E-state index contributed by atoms with van der Waals surface area (Å²) >= 11 is 0. The van der Waals surface area contributed by atoms with Crippen LogP contribution in [0.1, 0.15) is 20.7 Å². The number of para-hydroxylation sites is 1. The first-order valence-corrected chi connectivity index (χ1v) is 8.38. The molecule has 0 bridgehead atoms. The number of nitrogens with one attached hydrogen (secondary N) is 2. The van der Waals surface area contributed by atoms with Gasteiger partial charge in [0.1, 0.15) is 0 Å². The molecule has 2 amide bonds. The van der Waals surface area contributed by atoms with Gasteiger partial charge in [0.25, 0.3) is 11.8 Å². The molecule has 7 heteroatoms. The highest BCUT2D eigenvalue weighted by molar-refractivity contribution is 6.08. The summed E-state index contributed by atoms with van der Waals surface area (Å²) in [5.74, 6) is -0.760. The molecule has 0 unspecified atom stereocenters. The second-order valence-electron chi connectivity index (χ2n) is 6.08. The average Bonchev–Trinajstić information content (AvgIpc) is 3.35. The second-order valence-corrected chi connectivity index (χ2v) is 6.08. The van der Waals surface area contributed by atoms with Crippen LogP contribution in [0.4, 0.5) is 0 Å². The van der Waals surface area contributed by atoms with Crippen LogP contribution in [0.2, 0.25) is 0 Å². The van der Waals surface area contributed by atoms with E-state index >= 15 is 0 Å².